The highest BCUT2D eigenvalue weighted by molar-refractivity contribution is 4.91. The van der Waals surface area contributed by atoms with Crippen LogP contribution in [-0.2, 0) is 0 Å². The quantitative estimate of drug-likeness (QED) is 0.707. The lowest BCUT2D eigenvalue weighted by Gasteiger charge is -2.20. The van der Waals surface area contributed by atoms with Crippen molar-refractivity contribution in [2.75, 3.05) is 26.2 Å². The van der Waals surface area contributed by atoms with Crippen LogP contribution in [0.1, 0.15) is 47.0 Å². The van der Waals surface area contributed by atoms with Gasteiger partial charge in [0.05, 0.1) is 11.5 Å². The van der Waals surface area contributed by atoms with Crippen LogP contribution in [0.25, 0.3) is 0 Å². The molecule has 1 fully saturated rings. The van der Waals surface area contributed by atoms with Gasteiger partial charge in [0.25, 0.3) is 0 Å². The maximum Gasteiger partial charge on any atom is 0.0683 e. The molecule has 0 aromatic heterocycles. The highest BCUT2D eigenvalue weighted by Crippen LogP contribution is 2.20. The van der Waals surface area contributed by atoms with E-state index in [1.165, 1.54) is 19.5 Å². The Morgan fingerprint density at radius 2 is 2.17 bits per heavy atom. The normalized spacial score (nSPS) is 21.4. The minimum absolute atomic E-state index is 0.163. The summed E-state index contributed by atoms with van der Waals surface area (Å²) in [7, 11) is 0. The fourth-order valence-corrected chi connectivity index (χ4v) is 2.52. The number of likely N-dealkylation sites (tertiary alicyclic amines) is 1. The molecule has 0 saturated carbocycles. The van der Waals surface area contributed by atoms with E-state index < -0.39 is 0 Å². The summed E-state index contributed by atoms with van der Waals surface area (Å²) in [4.78, 5) is 2.56. The van der Waals surface area contributed by atoms with E-state index in [1.807, 2.05) is 13.8 Å². The van der Waals surface area contributed by atoms with Gasteiger partial charge >= 0.3 is 0 Å². The van der Waals surface area contributed by atoms with Gasteiger partial charge in [0.1, 0.15) is 0 Å². The zero-order valence-electron chi connectivity index (χ0n) is 12.5. The van der Waals surface area contributed by atoms with Crippen molar-refractivity contribution in [3.63, 3.8) is 0 Å². The first kappa shape index (κ1) is 15.5. The number of nitriles is 1. The lowest BCUT2D eigenvalue weighted by molar-refractivity contribution is 0.263. The molecule has 0 bridgehead atoms. The molecule has 1 unspecified atom stereocenters. The number of nitrogens with one attached hydrogen (secondary N) is 1. The molecule has 0 radical (unpaired) electrons. The lowest BCUT2D eigenvalue weighted by atomic mass is 9.90. The zero-order chi connectivity index (χ0) is 13.6. The van der Waals surface area contributed by atoms with Crippen molar-refractivity contribution in [1.29, 1.82) is 5.26 Å². The Kier molecular flexibility index (Phi) is 6.11. The topological polar surface area (TPSA) is 39.1 Å². The maximum atomic E-state index is 8.93. The molecule has 1 heterocycles. The van der Waals surface area contributed by atoms with Crippen LogP contribution in [0.15, 0.2) is 0 Å². The minimum atomic E-state index is -0.163. The highest BCUT2D eigenvalue weighted by Gasteiger charge is 2.23. The molecule has 1 atom stereocenters. The smallest absolute Gasteiger partial charge is 0.0683 e. The molecule has 3 nitrogen and oxygen atoms in total. The fourth-order valence-electron chi connectivity index (χ4n) is 2.52. The van der Waals surface area contributed by atoms with E-state index in [1.54, 1.807) is 0 Å². The summed E-state index contributed by atoms with van der Waals surface area (Å²) in [5, 5.41) is 12.5. The molecule has 0 amide bonds. The van der Waals surface area contributed by atoms with Crippen molar-refractivity contribution >= 4 is 0 Å². The third-order valence-corrected chi connectivity index (χ3v) is 3.94. The number of hydrogen-bond donors (Lipinski definition) is 1. The van der Waals surface area contributed by atoms with Crippen molar-refractivity contribution in [2.24, 2.45) is 11.3 Å². The molecule has 1 saturated heterocycles. The highest BCUT2D eigenvalue weighted by atomic mass is 15.2. The Morgan fingerprint density at radius 1 is 1.44 bits per heavy atom. The van der Waals surface area contributed by atoms with Gasteiger partial charge in [0.15, 0.2) is 0 Å². The van der Waals surface area contributed by atoms with Crippen LogP contribution in [0.5, 0.6) is 0 Å². The number of nitrogens with zero attached hydrogens (tertiary/aromatic N) is 2. The lowest BCUT2D eigenvalue weighted by Crippen LogP contribution is -2.31. The van der Waals surface area contributed by atoms with Gasteiger partial charge in [0, 0.05) is 12.6 Å². The molecule has 0 spiro atoms. The molecule has 1 aliphatic heterocycles. The van der Waals surface area contributed by atoms with Crippen molar-refractivity contribution < 1.29 is 0 Å². The zero-order valence-corrected chi connectivity index (χ0v) is 12.5. The summed E-state index contributed by atoms with van der Waals surface area (Å²) in [6.45, 7) is 13.3. The Morgan fingerprint density at radius 3 is 2.72 bits per heavy atom. The first-order valence-electron chi connectivity index (χ1n) is 7.30. The summed E-state index contributed by atoms with van der Waals surface area (Å²) in [6.07, 6.45) is 3.41. The molecule has 1 aliphatic rings. The first-order valence-corrected chi connectivity index (χ1v) is 7.30. The summed E-state index contributed by atoms with van der Waals surface area (Å²) in [6, 6.07) is 3.04. The van der Waals surface area contributed by atoms with Crippen LogP contribution in [0, 0.1) is 22.7 Å². The van der Waals surface area contributed by atoms with Crippen molar-refractivity contribution in [3.05, 3.63) is 0 Å². The molecule has 104 valence electrons. The SMILES string of the molecule is CC(C)N1CCC(CNCCCC(C)(C)C#N)C1. The molecule has 0 aromatic carbocycles. The Hall–Kier alpha value is -0.590. The Labute approximate surface area is 113 Å². The maximum absolute atomic E-state index is 8.93. The standard InChI is InChI=1S/C15H29N3/c1-13(2)18-9-6-14(11-18)10-17-8-5-7-15(3,4)12-16/h13-14,17H,5-11H2,1-4H3. The van der Waals surface area contributed by atoms with E-state index in [2.05, 4.69) is 30.1 Å². The summed E-state index contributed by atoms with van der Waals surface area (Å²) < 4.78 is 0. The second-order valence-electron chi connectivity index (χ2n) is 6.55. The monoisotopic (exact) mass is 251 g/mol. The van der Waals surface area contributed by atoms with Crippen molar-refractivity contribution in [1.82, 2.24) is 10.2 Å². The van der Waals surface area contributed by atoms with Gasteiger partial charge in [-0.05, 0) is 72.5 Å². The molecule has 3 heteroatoms. The van der Waals surface area contributed by atoms with Crippen LogP contribution >= 0.6 is 0 Å². The van der Waals surface area contributed by atoms with Crippen LogP contribution in [-0.4, -0.2) is 37.1 Å². The van der Waals surface area contributed by atoms with Crippen molar-refractivity contribution in [3.8, 4) is 6.07 Å². The number of rotatable bonds is 7. The van der Waals surface area contributed by atoms with Crippen LogP contribution in [0.2, 0.25) is 0 Å². The average molecular weight is 251 g/mol. The van der Waals surface area contributed by atoms with Crippen molar-refractivity contribution in [2.45, 2.75) is 53.0 Å². The van der Waals surface area contributed by atoms with Gasteiger partial charge < -0.3 is 10.2 Å². The van der Waals surface area contributed by atoms with Gasteiger partial charge in [0.2, 0.25) is 0 Å². The predicted octanol–water partition coefficient (Wildman–Crippen LogP) is 2.64. The van der Waals surface area contributed by atoms with E-state index in [9.17, 15) is 0 Å². The van der Waals surface area contributed by atoms with E-state index in [0.29, 0.717) is 6.04 Å². The van der Waals surface area contributed by atoms with E-state index in [-0.39, 0.29) is 5.41 Å². The molecule has 0 aliphatic carbocycles. The molecular formula is C15H29N3. The third kappa shape index (κ3) is 5.37. The Balaban J connectivity index is 2.05. The largest absolute Gasteiger partial charge is 0.316 e. The second-order valence-corrected chi connectivity index (χ2v) is 6.55. The first-order chi connectivity index (χ1) is 8.44. The minimum Gasteiger partial charge on any atom is -0.316 e. The van der Waals surface area contributed by atoms with Gasteiger partial charge in [-0.1, -0.05) is 0 Å². The predicted molar refractivity (Wildman–Crippen MR) is 76.3 cm³/mol. The molecule has 1 N–H and O–H groups in total. The average Bonchev–Trinajstić information content (AvgIpc) is 2.77. The Bertz CT molecular complexity index is 278. The number of hydrogen-bond acceptors (Lipinski definition) is 3. The molecule has 0 aromatic rings. The van der Waals surface area contributed by atoms with Gasteiger partial charge in [-0.25, -0.2) is 0 Å². The van der Waals surface area contributed by atoms with E-state index >= 15 is 0 Å². The summed E-state index contributed by atoms with van der Waals surface area (Å²) in [5.74, 6) is 0.816. The van der Waals surface area contributed by atoms with Gasteiger partial charge in [-0.2, -0.15) is 5.26 Å². The van der Waals surface area contributed by atoms with Crippen LogP contribution in [0.4, 0.5) is 0 Å². The fraction of sp³-hybridized carbons (Fsp3) is 0.933. The van der Waals surface area contributed by atoms with Gasteiger partial charge in [-0.15, -0.1) is 0 Å². The van der Waals surface area contributed by atoms with E-state index in [0.717, 1.165) is 31.8 Å². The molecule has 18 heavy (non-hydrogen) atoms. The third-order valence-electron chi connectivity index (χ3n) is 3.94. The van der Waals surface area contributed by atoms with Gasteiger partial charge in [-0.3, -0.25) is 0 Å². The second kappa shape index (κ2) is 7.11. The summed E-state index contributed by atoms with van der Waals surface area (Å²) >= 11 is 0. The van der Waals surface area contributed by atoms with Crippen LogP contribution < -0.4 is 5.32 Å². The molecular weight excluding hydrogens is 222 g/mol. The van der Waals surface area contributed by atoms with E-state index in [4.69, 9.17) is 5.26 Å². The summed E-state index contributed by atoms with van der Waals surface area (Å²) in [5.41, 5.74) is -0.163. The van der Waals surface area contributed by atoms with Crippen LogP contribution in [0.3, 0.4) is 0 Å². The molecule has 1 rings (SSSR count).